The Balaban J connectivity index is 1.91. The monoisotopic (exact) mass is 287 g/mol. The molecule has 104 valence electrons. The van der Waals surface area contributed by atoms with E-state index in [0.717, 1.165) is 19.4 Å². The average molecular weight is 287 g/mol. The summed E-state index contributed by atoms with van der Waals surface area (Å²) in [6, 6.07) is 6.19. The van der Waals surface area contributed by atoms with E-state index in [2.05, 4.69) is 18.3 Å². The van der Waals surface area contributed by atoms with Gasteiger partial charge in [-0.2, -0.15) is 0 Å². The molecule has 0 spiro atoms. The maximum absolute atomic E-state index is 9.85. The van der Waals surface area contributed by atoms with Crippen LogP contribution in [0.5, 0.6) is 11.5 Å². The zero-order valence-electron chi connectivity index (χ0n) is 11.3. The molecule has 1 aromatic carbocycles. The summed E-state index contributed by atoms with van der Waals surface area (Å²) < 4.78 is 0. The SMILES string of the molecule is Cc1cc2c(s1)[C@H]1c3cc(O)c(O)cc3CC[C@@H]1NC2. The number of fused-ring (bicyclic) bond motifs is 5. The van der Waals surface area contributed by atoms with Crippen LogP contribution in [0.25, 0.3) is 0 Å². The van der Waals surface area contributed by atoms with Gasteiger partial charge >= 0.3 is 0 Å². The lowest BCUT2D eigenvalue weighted by molar-refractivity contribution is 0.383. The molecular weight excluding hydrogens is 270 g/mol. The van der Waals surface area contributed by atoms with Crippen molar-refractivity contribution in [3.05, 3.63) is 44.6 Å². The lowest BCUT2D eigenvalue weighted by Crippen LogP contribution is -2.41. The van der Waals surface area contributed by atoms with E-state index in [-0.39, 0.29) is 11.5 Å². The van der Waals surface area contributed by atoms with Crippen LogP contribution in [0.15, 0.2) is 18.2 Å². The highest BCUT2D eigenvalue weighted by molar-refractivity contribution is 7.12. The second kappa shape index (κ2) is 4.24. The highest BCUT2D eigenvalue weighted by Gasteiger charge is 2.36. The molecule has 1 aliphatic heterocycles. The fourth-order valence-electron chi connectivity index (χ4n) is 3.61. The quantitative estimate of drug-likeness (QED) is 0.653. The number of benzene rings is 1. The second-order valence-corrected chi connectivity index (χ2v) is 7.08. The molecule has 20 heavy (non-hydrogen) atoms. The number of phenolic OH excluding ortho intramolecular Hbond substituents is 2. The molecule has 4 rings (SSSR count). The van der Waals surface area contributed by atoms with Gasteiger partial charge in [0.15, 0.2) is 11.5 Å². The standard InChI is InChI=1S/C16H17NO2S/c1-8-4-10-7-17-12-3-2-9-5-13(18)14(19)6-11(9)15(12)16(10)20-8/h4-6,12,15,17-19H,2-3,7H2,1H3/t12-,15-/m0/s1. The molecule has 3 nitrogen and oxygen atoms in total. The van der Waals surface area contributed by atoms with Crippen LogP contribution in [0.2, 0.25) is 0 Å². The first-order chi connectivity index (χ1) is 9.63. The molecule has 0 saturated heterocycles. The first-order valence-corrected chi connectivity index (χ1v) is 7.82. The zero-order valence-corrected chi connectivity index (χ0v) is 12.1. The van der Waals surface area contributed by atoms with E-state index < -0.39 is 0 Å². The van der Waals surface area contributed by atoms with Gasteiger partial charge in [0, 0.05) is 28.3 Å². The summed E-state index contributed by atoms with van der Waals surface area (Å²) in [5.41, 5.74) is 3.73. The summed E-state index contributed by atoms with van der Waals surface area (Å²) in [7, 11) is 0. The van der Waals surface area contributed by atoms with E-state index in [0.29, 0.717) is 12.0 Å². The Morgan fingerprint density at radius 1 is 1.15 bits per heavy atom. The van der Waals surface area contributed by atoms with Gasteiger partial charge in [0.2, 0.25) is 0 Å². The van der Waals surface area contributed by atoms with Gasteiger partial charge in [0.1, 0.15) is 0 Å². The van der Waals surface area contributed by atoms with E-state index >= 15 is 0 Å². The molecule has 0 amide bonds. The third-order valence-electron chi connectivity index (χ3n) is 4.50. The Hall–Kier alpha value is -1.52. The highest BCUT2D eigenvalue weighted by Crippen LogP contribution is 2.46. The molecule has 1 aromatic heterocycles. The Morgan fingerprint density at radius 2 is 1.95 bits per heavy atom. The summed E-state index contributed by atoms with van der Waals surface area (Å²) in [6.07, 6.45) is 2.04. The maximum atomic E-state index is 9.85. The van der Waals surface area contributed by atoms with Crippen molar-refractivity contribution < 1.29 is 10.2 Å². The number of aryl methyl sites for hydroxylation is 2. The number of hydrogen-bond acceptors (Lipinski definition) is 4. The van der Waals surface area contributed by atoms with Crippen molar-refractivity contribution in [2.75, 3.05) is 0 Å². The molecule has 0 unspecified atom stereocenters. The number of thiophene rings is 1. The van der Waals surface area contributed by atoms with Crippen molar-refractivity contribution >= 4 is 11.3 Å². The summed E-state index contributed by atoms with van der Waals surface area (Å²) in [6.45, 7) is 3.09. The Morgan fingerprint density at radius 3 is 2.80 bits per heavy atom. The van der Waals surface area contributed by atoms with Gasteiger partial charge in [-0.3, -0.25) is 0 Å². The number of phenols is 2. The van der Waals surface area contributed by atoms with Gasteiger partial charge in [-0.15, -0.1) is 11.3 Å². The van der Waals surface area contributed by atoms with Crippen molar-refractivity contribution in [2.24, 2.45) is 0 Å². The topological polar surface area (TPSA) is 52.5 Å². The van der Waals surface area contributed by atoms with E-state index in [9.17, 15) is 10.2 Å². The van der Waals surface area contributed by atoms with Gasteiger partial charge < -0.3 is 15.5 Å². The smallest absolute Gasteiger partial charge is 0.157 e. The molecule has 2 heterocycles. The predicted octanol–water partition coefficient (Wildman–Crippen LogP) is 3.02. The largest absolute Gasteiger partial charge is 0.504 e. The van der Waals surface area contributed by atoms with Gasteiger partial charge in [-0.25, -0.2) is 0 Å². The van der Waals surface area contributed by atoms with E-state index in [1.54, 1.807) is 12.1 Å². The maximum Gasteiger partial charge on any atom is 0.157 e. The Kier molecular flexibility index (Phi) is 2.59. The number of aromatic hydroxyl groups is 2. The van der Waals surface area contributed by atoms with Crippen molar-refractivity contribution in [2.45, 2.75) is 38.3 Å². The molecule has 0 fully saturated rings. The first kappa shape index (κ1) is 12.2. The molecule has 2 aliphatic rings. The van der Waals surface area contributed by atoms with Crippen LogP contribution in [0, 0.1) is 6.92 Å². The second-order valence-electron chi connectivity index (χ2n) is 5.79. The molecule has 0 bridgehead atoms. The summed E-state index contributed by atoms with van der Waals surface area (Å²) in [4.78, 5) is 2.77. The zero-order chi connectivity index (χ0) is 13.9. The minimum absolute atomic E-state index is 0.00597. The van der Waals surface area contributed by atoms with E-state index in [1.165, 1.54) is 26.4 Å². The van der Waals surface area contributed by atoms with Crippen LogP contribution in [-0.2, 0) is 13.0 Å². The fourth-order valence-corrected chi connectivity index (χ4v) is 4.84. The van der Waals surface area contributed by atoms with Gasteiger partial charge in [0.05, 0.1) is 0 Å². The highest BCUT2D eigenvalue weighted by atomic mass is 32.1. The van der Waals surface area contributed by atoms with Crippen molar-refractivity contribution in [3.8, 4) is 11.5 Å². The van der Waals surface area contributed by atoms with Crippen LogP contribution >= 0.6 is 11.3 Å². The number of nitrogens with one attached hydrogen (secondary N) is 1. The summed E-state index contributed by atoms with van der Waals surface area (Å²) >= 11 is 1.87. The molecule has 0 radical (unpaired) electrons. The lowest BCUT2D eigenvalue weighted by atomic mass is 9.75. The third kappa shape index (κ3) is 1.68. The minimum atomic E-state index is -0.00944. The Labute approximate surface area is 121 Å². The van der Waals surface area contributed by atoms with Crippen molar-refractivity contribution in [1.29, 1.82) is 0 Å². The Bertz CT molecular complexity index is 692. The molecule has 3 N–H and O–H groups in total. The third-order valence-corrected chi connectivity index (χ3v) is 5.68. The molecule has 1 aliphatic carbocycles. The fraction of sp³-hybridized carbons (Fsp3) is 0.375. The van der Waals surface area contributed by atoms with Gasteiger partial charge in [0.25, 0.3) is 0 Å². The van der Waals surface area contributed by atoms with Crippen molar-refractivity contribution in [1.82, 2.24) is 5.32 Å². The molecule has 4 heteroatoms. The molecule has 2 atom stereocenters. The molecular formula is C16H17NO2S. The number of hydrogen-bond donors (Lipinski definition) is 3. The van der Waals surface area contributed by atoms with Crippen LogP contribution in [-0.4, -0.2) is 16.3 Å². The van der Waals surface area contributed by atoms with Crippen LogP contribution in [0.1, 0.15) is 38.8 Å². The molecule has 2 aromatic rings. The lowest BCUT2D eigenvalue weighted by Gasteiger charge is -2.38. The van der Waals surface area contributed by atoms with Gasteiger partial charge in [-0.05, 0) is 54.7 Å². The minimum Gasteiger partial charge on any atom is -0.504 e. The normalized spacial score (nSPS) is 23.9. The molecule has 0 saturated carbocycles. The van der Waals surface area contributed by atoms with E-state index in [1.807, 2.05) is 11.3 Å². The summed E-state index contributed by atoms with van der Waals surface area (Å²) in [5, 5.41) is 23.2. The van der Waals surface area contributed by atoms with Crippen LogP contribution in [0.4, 0.5) is 0 Å². The summed E-state index contributed by atoms with van der Waals surface area (Å²) in [5.74, 6) is 0.297. The predicted molar refractivity (Wildman–Crippen MR) is 79.6 cm³/mol. The average Bonchev–Trinajstić information content (AvgIpc) is 2.80. The number of rotatable bonds is 0. The van der Waals surface area contributed by atoms with Crippen molar-refractivity contribution in [3.63, 3.8) is 0 Å². The van der Waals surface area contributed by atoms with Crippen LogP contribution < -0.4 is 5.32 Å². The first-order valence-electron chi connectivity index (χ1n) is 7.01. The van der Waals surface area contributed by atoms with Crippen LogP contribution in [0.3, 0.4) is 0 Å². The van der Waals surface area contributed by atoms with Gasteiger partial charge in [-0.1, -0.05) is 0 Å². The van der Waals surface area contributed by atoms with E-state index in [4.69, 9.17) is 0 Å².